The number of rotatable bonds is 4. The van der Waals surface area contributed by atoms with Crippen LogP contribution in [0.2, 0.25) is 0 Å². The number of benzene rings is 2. The Labute approximate surface area is 126 Å². The van der Waals surface area contributed by atoms with Gasteiger partial charge in [-0.3, -0.25) is 15.2 Å². The molecule has 0 aliphatic heterocycles. The molecule has 3 rings (SSSR count). The zero-order chi connectivity index (χ0) is 15.5. The molecule has 3 aromatic rings. The Balaban J connectivity index is 1.93. The highest BCUT2D eigenvalue weighted by molar-refractivity contribution is 5.63. The highest BCUT2D eigenvalue weighted by atomic mass is 16.6. The number of nitrogens with zero attached hydrogens (tertiary/aromatic N) is 3. The smallest absolute Gasteiger partial charge is 0.270 e. The molecule has 22 heavy (non-hydrogen) atoms. The monoisotopic (exact) mass is 295 g/mol. The summed E-state index contributed by atoms with van der Waals surface area (Å²) >= 11 is 0. The standard InChI is InChI=1S/C15H13N5O2/c16-9-10-4-6-11(7-5-10)14-17-15(19-18-14)12-2-1-3-13(8-12)20(21)22/h1-8H,9,16H2,(H,17,18,19). The summed E-state index contributed by atoms with van der Waals surface area (Å²) in [5.41, 5.74) is 8.08. The molecular weight excluding hydrogens is 282 g/mol. The fraction of sp³-hybridized carbons (Fsp3) is 0.0667. The first-order valence-electron chi connectivity index (χ1n) is 6.64. The number of nitro benzene ring substituents is 1. The molecule has 7 heteroatoms. The van der Waals surface area contributed by atoms with Gasteiger partial charge < -0.3 is 5.73 Å². The Morgan fingerprint density at radius 3 is 2.59 bits per heavy atom. The van der Waals surface area contributed by atoms with E-state index in [2.05, 4.69) is 15.2 Å². The Kier molecular flexibility index (Phi) is 3.63. The van der Waals surface area contributed by atoms with Crippen LogP contribution in [-0.4, -0.2) is 20.1 Å². The van der Waals surface area contributed by atoms with Gasteiger partial charge in [0.25, 0.3) is 5.69 Å². The van der Waals surface area contributed by atoms with Gasteiger partial charge >= 0.3 is 0 Å². The summed E-state index contributed by atoms with van der Waals surface area (Å²) in [6.07, 6.45) is 0. The first-order valence-corrected chi connectivity index (χ1v) is 6.64. The van der Waals surface area contributed by atoms with Crippen LogP contribution >= 0.6 is 0 Å². The number of nitrogens with two attached hydrogens (primary N) is 1. The van der Waals surface area contributed by atoms with E-state index >= 15 is 0 Å². The van der Waals surface area contributed by atoms with E-state index in [4.69, 9.17) is 5.73 Å². The van der Waals surface area contributed by atoms with Crippen LogP contribution in [0.4, 0.5) is 5.69 Å². The third-order valence-electron chi connectivity index (χ3n) is 3.26. The maximum Gasteiger partial charge on any atom is 0.270 e. The topological polar surface area (TPSA) is 111 Å². The van der Waals surface area contributed by atoms with Crippen molar-refractivity contribution >= 4 is 5.69 Å². The van der Waals surface area contributed by atoms with Gasteiger partial charge in [-0.15, -0.1) is 0 Å². The molecule has 2 aromatic carbocycles. The molecule has 0 amide bonds. The molecule has 0 radical (unpaired) electrons. The SMILES string of the molecule is NCc1ccc(-c2nc(-c3cccc([N+](=O)[O-])c3)n[nH]2)cc1. The van der Waals surface area contributed by atoms with Crippen molar-refractivity contribution in [2.45, 2.75) is 6.54 Å². The lowest BCUT2D eigenvalue weighted by atomic mass is 10.1. The molecule has 1 aromatic heterocycles. The molecule has 0 atom stereocenters. The van der Waals surface area contributed by atoms with E-state index in [1.54, 1.807) is 12.1 Å². The Bertz CT molecular complexity index is 811. The lowest BCUT2D eigenvalue weighted by Gasteiger charge is -1.98. The van der Waals surface area contributed by atoms with Gasteiger partial charge in [0.05, 0.1) is 4.92 Å². The van der Waals surface area contributed by atoms with Crippen LogP contribution in [0.5, 0.6) is 0 Å². The average Bonchev–Trinajstić information content (AvgIpc) is 3.05. The molecule has 0 saturated carbocycles. The zero-order valence-electron chi connectivity index (χ0n) is 11.6. The summed E-state index contributed by atoms with van der Waals surface area (Å²) < 4.78 is 0. The van der Waals surface area contributed by atoms with Gasteiger partial charge in [0, 0.05) is 29.8 Å². The molecule has 0 bridgehead atoms. The molecule has 0 unspecified atom stereocenters. The number of hydrogen-bond acceptors (Lipinski definition) is 5. The molecule has 1 heterocycles. The molecule has 7 nitrogen and oxygen atoms in total. The van der Waals surface area contributed by atoms with Gasteiger partial charge in [-0.2, -0.15) is 5.10 Å². The molecule has 0 aliphatic rings. The average molecular weight is 295 g/mol. The second kappa shape index (κ2) is 5.74. The highest BCUT2D eigenvalue weighted by Gasteiger charge is 2.11. The number of non-ortho nitro benzene ring substituents is 1. The van der Waals surface area contributed by atoms with E-state index in [0.29, 0.717) is 23.8 Å². The minimum atomic E-state index is -0.442. The minimum Gasteiger partial charge on any atom is -0.326 e. The number of hydrogen-bond donors (Lipinski definition) is 2. The van der Waals surface area contributed by atoms with Crippen molar-refractivity contribution in [1.29, 1.82) is 0 Å². The van der Waals surface area contributed by atoms with Crippen LogP contribution in [0, 0.1) is 10.1 Å². The van der Waals surface area contributed by atoms with Crippen LogP contribution in [0.3, 0.4) is 0 Å². The highest BCUT2D eigenvalue weighted by Crippen LogP contribution is 2.23. The summed E-state index contributed by atoms with van der Waals surface area (Å²) in [5, 5.41) is 17.8. The maximum atomic E-state index is 10.8. The number of nitro groups is 1. The third-order valence-corrected chi connectivity index (χ3v) is 3.26. The van der Waals surface area contributed by atoms with Gasteiger partial charge in [-0.05, 0) is 5.56 Å². The molecule has 110 valence electrons. The van der Waals surface area contributed by atoms with Gasteiger partial charge in [-0.1, -0.05) is 36.4 Å². The van der Waals surface area contributed by atoms with E-state index < -0.39 is 4.92 Å². The van der Waals surface area contributed by atoms with Crippen molar-refractivity contribution in [2.75, 3.05) is 0 Å². The molecule has 0 spiro atoms. The van der Waals surface area contributed by atoms with E-state index in [-0.39, 0.29) is 5.69 Å². The lowest BCUT2D eigenvalue weighted by molar-refractivity contribution is -0.384. The van der Waals surface area contributed by atoms with Crippen LogP contribution in [-0.2, 0) is 6.54 Å². The van der Waals surface area contributed by atoms with Crippen molar-refractivity contribution in [2.24, 2.45) is 5.73 Å². The fourth-order valence-corrected chi connectivity index (χ4v) is 2.08. The second-order valence-electron chi connectivity index (χ2n) is 4.72. The van der Waals surface area contributed by atoms with Crippen LogP contribution < -0.4 is 5.73 Å². The normalized spacial score (nSPS) is 10.6. The first kappa shape index (κ1) is 13.9. The van der Waals surface area contributed by atoms with Gasteiger partial charge in [0.2, 0.25) is 0 Å². The quantitative estimate of drug-likeness (QED) is 0.567. The van der Waals surface area contributed by atoms with Gasteiger partial charge in [-0.25, -0.2) is 4.98 Å². The number of aromatic nitrogens is 3. The molecule has 0 aliphatic carbocycles. The van der Waals surface area contributed by atoms with Crippen molar-refractivity contribution in [3.63, 3.8) is 0 Å². The van der Waals surface area contributed by atoms with Crippen molar-refractivity contribution < 1.29 is 4.92 Å². The lowest BCUT2D eigenvalue weighted by Crippen LogP contribution is -1.95. The minimum absolute atomic E-state index is 0.0103. The fourth-order valence-electron chi connectivity index (χ4n) is 2.08. The van der Waals surface area contributed by atoms with E-state index in [0.717, 1.165) is 11.1 Å². The number of H-pyrrole nitrogens is 1. The molecule has 0 saturated heterocycles. The van der Waals surface area contributed by atoms with Crippen molar-refractivity contribution in [3.05, 3.63) is 64.2 Å². The Hall–Kier alpha value is -3.06. The van der Waals surface area contributed by atoms with E-state index in [1.165, 1.54) is 12.1 Å². The zero-order valence-corrected chi connectivity index (χ0v) is 11.6. The number of nitrogens with one attached hydrogen (secondary N) is 1. The van der Waals surface area contributed by atoms with E-state index in [1.807, 2.05) is 24.3 Å². The van der Waals surface area contributed by atoms with E-state index in [9.17, 15) is 10.1 Å². The molecular formula is C15H13N5O2. The van der Waals surface area contributed by atoms with Crippen molar-refractivity contribution in [1.82, 2.24) is 15.2 Å². The maximum absolute atomic E-state index is 10.8. The second-order valence-corrected chi connectivity index (χ2v) is 4.72. The Morgan fingerprint density at radius 2 is 1.91 bits per heavy atom. The summed E-state index contributed by atoms with van der Waals surface area (Å²) in [6, 6.07) is 13.9. The van der Waals surface area contributed by atoms with Crippen LogP contribution in [0.25, 0.3) is 22.8 Å². The van der Waals surface area contributed by atoms with Crippen LogP contribution in [0.1, 0.15) is 5.56 Å². The van der Waals surface area contributed by atoms with Crippen LogP contribution in [0.15, 0.2) is 48.5 Å². The summed E-state index contributed by atoms with van der Waals surface area (Å²) in [5.74, 6) is 1.02. The summed E-state index contributed by atoms with van der Waals surface area (Å²) in [7, 11) is 0. The molecule has 0 fully saturated rings. The number of aromatic amines is 1. The predicted molar refractivity (Wildman–Crippen MR) is 81.8 cm³/mol. The van der Waals surface area contributed by atoms with Crippen molar-refractivity contribution in [3.8, 4) is 22.8 Å². The molecule has 3 N–H and O–H groups in total. The van der Waals surface area contributed by atoms with Gasteiger partial charge in [0.15, 0.2) is 11.6 Å². The summed E-state index contributed by atoms with van der Waals surface area (Å²) in [6.45, 7) is 0.482. The Morgan fingerprint density at radius 1 is 1.14 bits per heavy atom. The van der Waals surface area contributed by atoms with Gasteiger partial charge in [0.1, 0.15) is 0 Å². The third kappa shape index (κ3) is 2.70. The first-order chi connectivity index (χ1) is 10.7. The largest absolute Gasteiger partial charge is 0.326 e. The predicted octanol–water partition coefficient (Wildman–Crippen LogP) is 2.51. The summed E-state index contributed by atoms with van der Waals surface area (Å²) in [4.78, 5) is 14.8.